The normalized spacial score (nSPS) is 12.5. The van der Waals surface area contributed by atoms with Gasteiger partial charge in [0.2, 0.25) is 0 Å². The summed E-state index contributed by atoms with van der Waals surface area (Å²) in [4.78, 5) is 0. The number of hydrogen-bond acceptors (Lipinski definition) is 1. The summed E-state index contributed by atoms with van der Waals surface area (Å²) >= 11 is 0. The molecule has 2 aromatic carbocycles. The van der Waals surface area contributed by atoms with Crippen molar-refractivity contribution in [1.82, 2.24) is 0 Å². The molecule has 0 fully saturated rings. The van der Waals surface area contributed by atoms with Crippen LogP contribution in [-0.2, 0) is 19.3 Å². The lowest BCUT2D eigenvalue weighted by Crippen LogP contribution is -1.77. The molecule has 0 aromatic heterocycles. The first kappa shape index (κ1) is 18.2. The number of allylic oxidation sites excluding steroid dienone is 1. The second-order valence-corrected chi connectivity index (χ2v) is 4.93. The van der Waals surface area contributed by atoms with E-state index in [2.05, 4.69) is 66.4 Å². The first-order valence-corrected chi connectivity index (χ1v) is 8.32. The first-order chi connectivity index (χ1) is 10.9. The summed E-state index contributed by atoms with van der Waals surface area (Å²) in [5, 5.41) is 0. The largest absolute Gasteiger partial charge is 0.333 e. The molecule has 0 heterocycles. The van der Waals surface area contributed by atoms with Gasteiger partial charge in [0.15, 0.2) is 0 Å². The van der Waals surface area contributed by atoms with E-state index in [4.69, 9.17) is 0 Å². The Morgan fingerprint density at radius 1 is 0.727 bits per heavy atom. The predicted molar refractivity (Wildman–Crippen MR) is 99.1 cm³/mol. The fraction of sp³-hybridized carbons (Fsp3) is 0.333. The van der Waals surface area contributed by atoms with Gasteiger partial charge >= 0.3 is 0 Å². The minimum absolute atomic E-state index is 1.12. The average Bonchev–Trinajstić information content (AvgIpc) is 3.28. The van der Waals surface area contributed by atoms with E-state index in [-0.39, 0.29) is 0 Å². The molecule has 0 saturated heterocycles. The standard InChI is InChI=1S/C9H10.C9H8.C2H6.CH5N/c2*1-2-5-9-7-3-6-8(9)4-1;2*1-2/h1-2,4-5H,3,6-7H2;1-6H,7H2;1-2H3;2H2,1H3. The summed E-state index contributed by atoms with van der Waals surface area (Å²) in [7, 11) is 1.50. The van der Waals surface area contributed by atoms with Crippen LogP contribution < -0.4 is 5.73 Å². The lowest BCUT2D eigenvalue weighted by atomic mass is 10.1. The van der Waals surface area contributed by atoms with Gasteiger partial charge in [-0.3, -0.25) is 0 Å². The van der Waals surface area contributed by atoms with Gasteiger partial charge in [-0.1, -0.05) is 74.5 Å². The Hall–Kier alpha value is -1.86. The van der Waals surface area contributed by atoms with Crippen molar-refractivity contribution < 1.29 is 0 Å². The third kappa shape index (κ3) is 5.16. The molecule has 0 amide bonds. The van der Waals surface area contributed by atoms with Crippen molar-refractivity contribution in [2.45, 2.75) is 39.5 Å². The number of fused-ring (bicyclic) bond motifs is 2. The zero-order chi connectivity index (χ0) is 16.2. The maximum absolute atomic E-state index is 4.50. The van der Waals surface area contributed by atoms with E-state index in [1.54, 1.807) is 11.1 Å². The molecule has 0 unspecified atom stereocenters. The molecule has 1 nitrogen and oxygen atoms in total. The third-order valence-corrected chi connectivity index (χ3v) is 3.70. The number of rotatable bonds is 0. The van der Waals surface area contributed by atoms with Crippen LogP contribution in [0, 0.1) is 0 Å². The third-order valence-electron chi connectivity index (χ3n) is 3.70. The van der Waals surface area contributed by atoms with E-state index < -0.39 is 0 Å². The zero-order valence-electron chi connectivity index (χ0n) is 14.2. The van der Waals surface area contributed by atoms with E-state index in [1.165, 1.54) is 37.4 Å². The summed E-state index contributed by atoms with van der Waals surface area (Å²) in [5.41, 5.74) is 10.5. The van der Waals surface area contributed by atoms with Crippen LogP contribution in [0.25, 0.3) is 6.08 Å². The van der Waals surface area contributed by atoms with Crippen LogP contribution in [-0.4, -0.2) is 7.05 Å². The molecule has 2 aliphatic carbocycles. The highest BCUT2D eigenvalue weighted by molar-refractivity contribution is 5.59. The molecule has 2 N–H and O–H groups in total. The Morgan fingerprint density at radius 3 is 1.77 bits per heavy atom. The molecule has 0 atom stereocenters. The number of nitrogens with two attached hydrogens (primary N) is 1. The maximum Gasteiger partial charge on any atom is -0.00882 e. The van der Waals surface area contributed by atoms with E-state index in [0.29, 0.717) is 0 Å². The van der Waals surface area contributed by atoms with Gasteiger partial charge in [0.1, 0.15) is 0 Å². The van der Waals surface area contributed by atoms with Crippen molar-refractivity contribution in [3.8, 4) is 0 Å². The molecule has 4 rings (SSSR count). The Morgan fingerprint density at radius 2 is 1.23 bits per heavy atom. The van der Waals surface area contributed by atoms with Crippen LogP contribution in [0.1, 0.15) is 42.5 Å². The quantitative estimate of drug-likeness (QED) is 0.724. The molecule has 22 heavy (non-hydrogen) atoms. The van der Waals surface area contributed by atoms with Crippen molar-refractivity contribution in [1.29, 1.82) is 0 Å². The lowest BCUT2D eigenvalue weighted by molar-refractivity contribution is 0.912. The van der Waals surface area contributed by atoms with E-state index in [1.807, 2.05) is 13.8 Å². The lowest BCUT2D eigenvalue weighted by Gasteiger charge is -1.93. The monoisotopic (exact) mass is 295 g/mol. The molecule has 2 aliphatic rings. The molecule has 118 valence electrons. The molecular weight excluding hydrogens is 266 g/mol. The zero-order valence-corrected chi connectivity index (χ0v) is 14.2. The van der Waals surface area contributed by atoms with E-state index in [0.717, 1.165) is 6.42 Å². The van der Waals surface area contributed by atoms with Gasteiger partial charge in [0, 0.05) is 0 Å². The minimum atomic E-state index is 1.12. The maximum atomic E-state index is 4.50. The highest BCUT2D eigenvalue weighted by atomic mass is 14.4. The van der Waals surface area contributed by atoms with Crippen molar-refractivity contribution in [3.05, 3.63) is 76.9 Å². The van der Waals surface area contributed by atoms with Gasteiger partial charge in [-0.05, 0) is 55.0 Å². The molecule has 0 spiro atoms. The van der Waals surface area contributed by atoms with Gasteiger partial charge in [0.25, 0.3) is 0 Å². The molecule has 2 aromatic rings. The highest BCUT2D eigenvalue weighted by Gasteiger charge is 2.07. The van der Waals surface area contributed by atoms with E-state index in [9.17, 15) is 0 Å². The molecule has 0 aliphatic heterocycles. The summed E-state index contributed by atoms with van der Waals surface area (Å²) in [6.07, 6.45) is 9.46. The smallest absolute Gasteiger partial charge is 0.00882 e. The van der Waals surface area contributed by atoms with E-state index >= 15 is 0 Å². The van der Waals surface area contributed by atoms with Crippen molar-refractivity contribution >= 4 is 6.08 Å². The molecule has 1 heteroatoms. The van der Waals surface area contributed by atoms with Crippen LogP contribution in [0.15, 0.2) is 54.6 Å². The summed E-state index contributed by atoms with van der Waals surface area (Å²) in [6.45, 7) is 4.00. The Labute approximate surface area is 135 Å². The summed E-state index contributed by atoms with van der Waals surface area (Å²) in [5.74, 6) is 0. The van der Waals surface area contributed by atoms with Crippen LogP contribution in [0.3, 0.4) is 0 Å². The van der Waals surface area contributed by atoms with Crippen LogP contribution in [0.2, 0.25) is 0 Å². The second-order valence-electron chi connectivity index (χ2n) is 4.93. The predicted octanol–water partition coefficient (Wildman–Crippen LogP) is 5.03. The van der Waals surface area contributed by atoms with Crippen molar-refractivity contribution in [2.75, 3.05) is 7.05 Å². The van der Waals surface area contributed by atoms with Gasteiger partial charge in [-0.2, -0.15) is 0 Å². The van der Waals surface area contributed by atoms with Gasteiger partial charge in [0.05, 0.1) is 0 Å². The molecule has 0 saturated carbocycles. The number of aryl methyl sites for hydroxylation is 2. The van der Waals surface area contributed by atoms with Crippen LogP contribution in [0.5, 0.6) is 0 Å². The topological polar surface area (TPSA) is 26.0 Å². The van der Waals surface area contributed by atoms with Gasteiger partial charge in [-0.25, -0.2) is 0 Å². The van der Waals surface area contributed by atoms with Crippen LogP contribution in [0.4, 0.5) is 0 Å². The Bertz CT molecular complexity index is 538. The molecule has 0 bridgehead atoms. The number of hydrogen-bond donors (Lipinski definition) is 1. The minimum Gasteiger partial charge on any atom is -0.333 e. The van der Waals surface area contributed by atoms with Crippen molar-refractivity contribution in [2.24, 2.45) is 5.73 Å². The Balaban J connectivity index is 0.000000180. The summed E-state index contributed by atoms with van der Waals surface area (Å²) in [6, 6.07) is 17.2. The highest BCUT2D eigenvalue weighted by Crippen LogP contribution is 2.20. The van der Waals surface area contributed by atoms with Crippen LogP contribution >= 0.6 is 0 Å². The first-order valence-electron chi connectivity index (χ1n) is 8.32. The average molecular weight is 295 g/mol. The number of benzene rings is 2. The molecule has 0 radical (unpaired) electrons. The molecular formula is C21H29N. The fourth-order valence-corrected chi connectivity index (χ4v) is 2.71. The van der Waals surface area contributed by atoms with Gasteiger partial charge < -0.3 is 5.73 Å². The Kier molecular flexibility index (Phi) is 8.94. The SMILES string of the molecule is C1=Cc2ccccc2C1.CC.CN.c1ccc2c(c1)CCC2. The van der Waals surface area contributed by atoms with Crippen molar-refractivity contribution in [3.63, 3.8) is 0 Å². The summed E-state index contributed by atoms with van der Waals surface area (Å²) < 4.78 is 0. The second kappa shape index (κ2) is 10.8. The van der Waals surface area contributed by atoms with Gasteiger partial charge in [-0.15, -0.1) is 0 Å². The fourth-order valence-electron chi connectivity index (χ4n) is 2.71.